The summed E-state index contributed by atoms with van der Waals surface area (Å²) >= 11 is 9.37. The second-order valence-electron chi connectivity index (χ2n) is 3.92. The average Bonchev–Trinajstić information content (AvgIpc) is 2.30. The van der Waals surface area contributed by atoms with Gasteiger partial charge in [0, 0.05) is 10.9 Å². The lowest BCUT2D eigenvalue weighted by molar-refractivity contribution is -0.113. The average molecular weight is 316 g/mol. The Balaban J connectivity index is 2.10. The number of rotatable bonds is 2. The van der Waals surface area contributed by atoms with Crippen LogP contribution in [0.25, 0.3) is 0 Å². The largest absolute Gasteiger partial charge is 0.293 e. The van der Waals surface area contributed by atoms with Gasteiger partial charge in [-0.3, -0.25) is 10.2 Å². The fourth-order valence-electron chi connectivity index (χ4n) is 1.69. The number of carbonyl (C=O) groups is 1. The molecule has 0 heterocycles. The van der Waals surface area contributed by atoms with Crippen LogP contribution in [0, 0.1) is 0 Å². The zero-order valence-corrected chi connectivity index (χ0v) is 11.5. The number of halogens is 2. The van der Waals surface area contributed by atoms with Crippen LogP contribution in [0.4, 0.5) is 5.69 Å². The fourth-order valence-corrected chi connectivity index (χ4v) is 2.40. The number of ketones is 1. The molecule has 0 amide bonds. The minimum atomic E-state index is 0.136. The van der Waals surface area contributed by atoms with Gasteiger partial charge in [0.1, 0.15) is 5.71 Å². The van der Waals surface area contributed by atoms with Gasteiger partial charge in [-0.15, -0.1) is 0 Å². The van der Waals surface area contributed by atoms with Crippen molar-refractivity contribution in [1.29, 1.82) is 0 Å². The van der Waals surface area contributed by atoms with Gasteiger partial charge in [-0.25, -0.2) is 0 Å². The minimum Gasteiger partial charge on any atom is -0.293 e. The summed E-state index contributed by atoms with van der Waals surface area (Å²) in [7, 11) is 0. The first-order valence-electron chi connectivity index (χ1n) is 5.47. The van der Waals surface area contributed by atoms with Crippen molar-refractivity contribution in [3.63, 3.8) is 0 Å². The molecule has 1 fully saturated rings. The molecular formula is C12H12BrClN2O. The quantitative estimate of drug-likeness (QED) is 0.838. The molecule has 1 aliphatic rings. The van der Waals surface area contributed by atoms with E-state index < -0.39 is 0 Å². The summed E-state index contributed by atoms with van der Waals surface area (Å²) in [5.74, 6) is 0.136. The van der Waals surface area contributed by atoms with Gasteiger partial charge in [-0.2, -0.15) is 5.10 Å². The maximum absolute atomic E-state index is 11.5. The summed E-state index contributed by atoms with van der Waals surface area (Å²) in [6, 6.07) is 5.48. The molecule has 2 rings (SSSR count). The van der Waals surface area contributed by atoms with Crippen LogP contribution in [0.3, 0.4) is 0 Å². The van der Waals surface area contributed by atoms with E-state index >= 15 is 0 Å². The Bertz CT molecular complexity index is 474. The lowest BCUT2D eigenvalue weighted by Gasteiger charge is -2.12. The van der Waals surface area contributed by atoms with Gasteiger partial charge in [-0.05, 0) is 37.5 Å². The van der Waals surface area contributed by atoms with Crippen LogP contribution >= 0.6 is 27.5 Å². The highest BCUT2D eigenvalue weighted by Crippen LogP contribution is 2.25. The maximum atomic E-state index is 11.5. The zero-order chi connectivity index (χ0) is 12.3. The van der Waals surface area contributed by atoms with Crippen molar-refractivity contribution in [1.82, 2.24) is 0 Å². The van der Waals surface area contributed by atoms with Crippen LogP contribution in [0.15, 0.2) is 27.8 Å². The van der Waals surface area contributed by atoms with E-state index in [0.29, 0.717) is 22.8 Å². The fraction of sp³-hybridized carbons (Fsp3) is 0.333. The molecule has 1 aromatic rings. The monoisotopic (exact) mass is 314 g/mol. The van der Waals surface area contributed by atoms with Gasteiger partial charge in [0.25, 0.3) is 0 Å². The van der Waals surface area contributed by atoms with Crippen LogP contribution in [0.2, 0.25) is 5.02 Å². The number of Topliss-reactive ketones (excluding diaryl/α,β-unsaturated/α-hetero) is 1. The zero-order valence-electron chi connectivity index (χ0n) is 9.17. The molecule has 0 spiro atoms. The van der Waals surface area contributed by atoms with Gasteiger partial charge in [0.2, 0.25) is 0 Å². The van der Waals surface area contributed by atoms with Crippen molar-refractivity contribution >= 4 is 44.7 Å². The predicted octanol–water partition coefficient (Wildman–Crippen LogP) is 4.01. The first kappa shape index (κ1) is 12.6. The Morgan fingerprint density at radius 3 is 2.76 bits per heavy atom. The molecule has 0 saturated heterocycles. The second kappa shape index (κ2) is 5.65. The van der Waals surface area contributed by atoms with Crippen LogP contribution in [-0.4, -0.2) is 11.5 Å². The predicted molar refractivity (Wildman–Crippen MR) is 73.7 cm³/mol. The number of nitrogens with zero attached hydrogens (tertiary/aromatic N) is 1. The van der Waals surface area contributed by atoms with E-state index in [1.54, 1.807) is 6.07 Å². The SMILES string of the molecule is O=C1CCCCC1=NNc1ccc(Br)cc1Cl. The highest BCUT2D eigenvalue weighted by Gasteiger charge is 2.16. The van der Waals surface area contributed by atoms with E-state index in [1.807, 2.05) is 12.1 Å². The number of anilines is 1. The Hall–Kier alpha value is -0.870. The van der Waals surface area contributed by atoms with E-state index in [4.69, 9.17) is 11.6 Å². The molecule has 1 saturated carbocycles. The molecule has 0 atom stereocenters. The molecule has 17 heavy (non-hydrogen) atoms. The molecule has 1 N–H and O–H groups in total. The summed E-state index contributed by atoms with van der Waals surface area (Å²) < 4.78 is 0.912. The van der Waals surface area contributed by atoms with Gasteiger partial charge in [0.05, 0.1) is 10.7 Å². The number of benzene rings is 1. The minimum absolute atomic E-state index is 0.136. The smallest absolute Gasteiger partial charge is 0.178 e. The van der Waals surface area contributed by atoms with Gasteiger partial charge in [0.15, 0.2) is 5.78 Å². The number of hydrogen-bond donors (Lipinski definition) is 1. The van der Waals surface area contributed by atoms with Crippen molar-refractivity contribution in [3.05, 3.63) is 27.7 Å². The highest BCUT2D eigenvalue weighted by molar-refractivity contribution is 9.10. The third-order valence-electron chi connectivity index (χ3n) is 2.63. The van der Waals surface area contributed by atoms with Crippen LogP contribution in [-0.2, 0) is 4.79 Å². The molecule has 0 bridgehead atoms. The van der Waals surface area contributed by atoms with E-state index in [0.717, 1.165) is 23.7 Å². The molecule has 1 aliphatic carbocycles. The molecule has 5 heteroatoms. The maximum Gasteiger partial charge on any atom is 0.178 e. The summed E-state index contributed by atoms with van der Waals surface area (Å²) in [5, 5.41) is 4.72. The van der Waals surface area contributed by atoms with Crippen molar-refractivity contribution in [2.24, 2.45) is 5.10 Å². The topological polar surface area (TPSA) is 41.5 Å². The number of carbonyl (C=O) groups excluding carboxylic acids is 1. The third kappa shape index (κ3) is 3.30. The summed E-state index contributed by atoms with van der Waals surface area (Å²) in [6.45, 7) is 0. The molecule has 0 radical (unpaired) electrons. The molecule has 0 aliphatic heterocycles. The Labute approximate surface area is 113 Å². The summed E-state index contributed by atoms with van der Waals surface area (Å²) in [6.07, 6.45) is 3.35. The Morgan fingerprint density at radius 1 is 1.29 bits per heavy atom. The number of nitrogens with one attached hydrogen (secondary N) is 1. The number of hydrogen-bond acceptors (Lipinski definition) is 3. The van der Waals surface area contributed by atoms with Gasteiger partial charge < -0.3 is 0 Å². The van der Waals surface area contributed by atoms with Crippen LogP contribution in [0.1, 0.15) is 25.7 Å². The Morgan fingerprint density at radius 2 is 2.06 bits per heavy atom. The van der Waals surface area contributed by atoms with Crippen molar-refractivity contribution in [3.8, 4) is 0 Å². The lowest BCUT2D eigenvalue weighted by atomic mass is 9.97. The first-order chi connectivity index (χ1) is 8.16. The molecule has 90 valence electrons. The highest BCUT2D eigenvalue weighted by atomic mass is 79.9. The van der Waals surface area contributed by atoms with E-state index in [1.165, 1.54) is 0 Å². The third-order valence-corrected chi connectivity index (χ3v) is 3.44. The Kier molecular flexibility index (Phi) is 4.18. The van der Waals surface area contributed by atoms with E-state index in [-0.39, 0.29) is 5.78 Å². The molecule has 0 unspecified atom stereocenters. The van der Waals surface area contributed by atoms with Crippen LogP contribution in [0.5, 0.6) is 0 Å². The van der Waals surface area contributed by atoms with E-state index in [9.17, 15) is 4.79 Å². The summed E-state index contributed by atoms with van der Waals surface area (Å²) in [4.78, 5) is 11.5. The molecule has 3 nitrogen and oxygen atoms in total. The molecule has 1 aromatic carbocycles. The summed E-state index contributed by atoms with van der Waals surface area (Å²) in [5.41, 5.74) is 4.18. The number of hydrazone groups is 1. The van der Waals surface area contributed by atoms with Crippen molar-refractivity contribution < 1.29 is 4.79 Å². The normalized spacial score (nSPS) is 18.5. The van der Waals surface area contributed by atoms with Gasteiger partial charge in [-0.1, -0.05) is 27.5 Å². The van der Waals surface area contributed by atoms with Crippen molar-refractivity contribution in [2.45, 2.75) is 25.7 Å². The van der Waals surface area contributed by atoms with Gasteiger partial charge >= 0.3 is 0 Å². The van der Waals surface area contributed by atoms with E-state index in [2.05, 4.69) is 26.5 Å². The van der Waals surface area contributed by atoms with Crippen molar-refractivity contribution in [2.75, 3.05) is 5.43 Å². The van der Waals surface area contributed by atoms with Crippen LogP contribution < -0.4 is 5.43 Å². The first-order valence-corrected chi connectivity index (χ1v) is 6.65. The molecule has 0 aromatic heterocycles. The molecular weight excluding hydrogens is 304 g/mol. The second-order valence-corrected chi connectivity index (χ2v) is 5.25. The standard InChI is InChI=1S/C12H12BrClN2O/c13-8-5-6-10(9(14)7-8)15-16-11-3-1-2-4-12(11)17/h5-7,15H,1-4H2. The lowest BCUT2D eigenvalue weighted by Crippen LogP contribution is -2.19.